The van der Waals surface area contributed by atoms with Crippen LogP contribution in [0.5, 0.6) is 11.5 Å². The maximum Gasteiger partial charge on any atom is 0.345 e. The summed E-state index contributed by atoms with van der Waals surface area (Å²) in [6.45, 7) is -0.275. The first-order valence-electron chi connectivity index (χ1n) is 9.88. The molecule has 2 N–H and O–H groups in total. The Kier molecular flexibility index (Phi) is 8.61. The number of carbonyl (C=O) groups is 3. The van der Waals surface area contributed by atoms with Gasteiger partial charge in [-0.15, -0.1) is 0 Å². The molecule has 0 aliphatic heterocycles. The second-order valence-corrected chi connectivity index (χ2v) is 7.61. The number of hydrogen-bond donors (Lipinski definition) is 2. The van der Waals surface area contributed by atoms with Gasteiger partial charge in [0.05, 0.1) is 30.5 Å². The molecule has 0 atom stereocenters. The van der Waals surface area contributed by atoms with Gasteiger partial charge < -0.3 is 14.8 Å². The second-order valence-electron chi connectivity index (χ2n) is 6.77. The van der Waals surface area contributed by atoms with Gasteiger partial charge >= 0.3 is 5.97 Å². The maximum atomic E-state index is 12.4. The third-order valence-electron chi connectivity index (χ3n) is 4.38. The second kappa shape index (κ2) is 11.8. The molecule has 0 heterocycles. The van der Waals surface area contributed by atoms with Crippen molar-refractivity contribution in [3.05, 3.63) is 93.5 Å². The third-order valence-corrected chi connectivity index (χ3v) is 4.95. The zero-order chi connectivity index (χ0) is 24.5. The third kappa shape index (κ3) is 6.81. The average molecular weight is 500 g/mol. The summed E-state index contributed by atoms with van der Waals surface area (Å²) in [5.74, 6) is -1.11. The lowest BCUT2D eigenvalue weighted by Gasteiger charge is -2.10. The Balaban J connectivity index is 1.55. The zero-order valence-electron chi connectivity index (χ0n) is 17.9. The van der Waals surface area contributed by atoms with E-state index in [1.54, 1.807) is 54.6 Å². The fourth-order valence-corrected chi connectivity index (χ4v) is 3.14. The minimum Gasteiger partial charge on any atom is -0.493 e. The van der Waals surface area contributed by atoms with Crippen LogP contribution in [0.3, 0.4) is 0 Å². The molecule has 174 valence electrons. The number of amides is 2. The zero-order valence-corrected chi connectivity index (χ0v) is 19.4. The van der Waals surface area contributed by atoms with Gasteiger partial charge in [-0.2, -0.15) is 5.10 Å². The van der Waals surface area contributed by atoms with Crippen LogP contribution in [0.15, 0.2) is 71.8 Å². The van der Waals surface area contributed by atoms with Crippen molar-refractivity contribution in [2.45, 2.75) is 0 Å². The molecule has 34 heavy (non-hydrogen) atoms. The van der Waals surface area contributed by atoms with Gasteiger partial charge in [0.1, 0.15) is 0 Å². The van der Waals surface area contributed by atoms with E-state index in [4.69, 9.17) is 32.7 Å². The highest BCUT2D eigenvalue weighted by Crippen LogP contribution is 2.29. The molecule has 0 unspecified atom stereocenters. The number of nitrogens with zero attached hydrogens (tertiary/aromatic N) is 1. The number of benzene rings is 3. The molecule has 0 saturated carbocycles. The number of halogens is 2. The Morgan fingerprint density at radius 1 is 0.971 bits per heavy atom. The van der Waals surface area contributed by atoms with Gasteiger partial charge in [-0.3, -0.25) is 9.59 Å². The highest BCUT2D eigenvalue weighted by atomic mass is 35.5. The lowest BCUT2D eigenvalue weighted by Crippen LogP contribution is -2.34. The molecule has 0 bridgehead atoms. The predicted molar refractivity (Wildman–Crippen MR) is 129 cm³/mol. The number of methoxy groups -OCH3 is 1. The number of nitrogens with one attached hydrogen (secondary N) is 2. The van der Waals surface area contributed by atoms with E-state index >= 15 is 0 Å². The molecule has 3 rings (SSSR count). The summed E-state index contributed by atoms with van der Waals surface area (Å²) in [6.07, 6.45) is 1.37. The van der Waals surface area contributed by atoms with Gasteiger partial charge in [0, 0.05) is 10.6 Å². The van der Waals surface area contributed by atoms with E-state index in [-0.39, 0.29) is 28.6 Å². The Bertz CT molecular complexity index is 1250. The molecule has 0 aromatic heterocycles. The van der Waals surface area contributed by atoms with Crippen LogP contribution < -0.4 is 20.2 Å². The lowest BCUT2D eigenvalue weighted by molar-refractivity contribution is -0.120. The molecular weight excluding hydrogens is 481 g/mol. The molecule has 10 heteroatoms. The van der Waals surface area contributed by atoms with Crippen LogP contribution in [0.1, 0.15) is 26.3 Å². The van der Waals surface area contributed by atoms with Crippen LogP contribution in [0.2, 0.25) is 10.0 Å². The fraction of sp³-hybridized carbons (Fsp3) is 0.0833. The van der Waals surface area contributed by atoms with E-state index < -0.39 is 17.8 Å². The topological polar surface area (TPSA) is 106 Å². The van der Waals surface area contributed by atoms with Crippen LogP contribution in [-0.4, -0.2) is 37.7 Å². The van der Waals surface area contributed by atoms with Crippen LogP contribution in [0.4, 0.5) is 0 Å². The number of hydrazone groups is 1. The molecule has 0 aliphatic carbocycles. The molecular formula is C24H19Cl2N3O5. The number of carbonyl (C=O) groups excluding carboxylic acids is 3. The molecule has 2 amide bonds. The van der Waals surface area contributed by atoms with E-state index in [1.165, 1.54) is 25.5 Å². The summed E-state index contributed by atoms with van der Waals surface area (Å²) in [5.41, 5.74) is 3.44. The monoisotopic (exact) mass is 499 g/mol. The Morgan fingerprint density at radius 2 is 1.76 bits per heavy atom. The van der Waals surface area contributed by atoms with Crippen LogP contribution in [0.25, 0.3) is 0 Å². The lowest BCUT2D eigenvalue weighted by atomic mass is 10.2. The first kappa shape index (κ1) is 24.8. The standard InChI is InChI=1S/C24H19Cl2N3O5/c1-33-21-11-15(9-10-20(21)34-24(32)18-7-2-3-8-19(18)26)13-28-29-22(30)14-27-23(31)16-5-4-6-17(25)12-16/h2-13H,14H2,1H3,(H,27,31)(H,29,30). The van der Waals surface area contributed by atoms with Crippen molar-refractivity contribution < 1.29 is 23.9 Å². The molecule has 0 fully saturated rings. The molecule has 0 spiro atoms. The number of esters is 1. The average Bonchev–Trinajstić information content (AvgIpc) is 2.83. The van der Waals surface area contributed by atoms with Gasteiger partial charge in [0.15, 0.2) is 11.5 Å². The molecule has 8 nitrogen and oxygen atoms in total. The van der Waals surface area contributed by atoms with Gasteiger partial charge in [-0.05, 0) is 54.1 Å². The minimum atomic E-state index is -0.627. The van der Waals surface area contributed by atoms with E-state index in [0.717, 1.165) is 0 Å². The summed E-state index contributed by atoms with van der Waals surface area (Å²) in [4.78, 5) is 36.4. The fourth-order valence-electron chi connectivity index (χ4n) is 2.74. The highest BCUT2D eigenvalue weighted by Gasteiger charge is 2.15. The number of hydrogen-bond acceptors (Lipinski definition) is 6. The van der Waals surface area contributed by atoms with Crippen molar-refractivity contribution in [3.8, 4) is 11.5 Å². The van der Waals surface area contributed by atoms with Crippen LogP contribution in [0, 0.1) is 0 Å². The van der Waals surface area contributed by atoms with Crippen molar-refractivity contribution in [1.82, 2.24) is 10.7 Å². The van der Waals surface area contributed by atoms with E-state index in [0.29, 0.717) is 16.1 Å². The van der Waals surface area contributed by atoms with Gasteiger partial charge in [0.25, 0.3) is 11.8 Å². The molecule has 0 saturated heterocycles. The largest absolute Gasteiger partial charge is 0.493 e. The molecule has 0 radical (unpaired) electrons. The highest BCUT2D eigenvalue weighted by molar-refractivity contribution is 6.33. The minimum absolute atomic E-state index is 0.192. The molecule has 0 aliphatic rings. The van der Waals surface area contributed by atoms with E-state index in [2.05, 4.69) is 15.8 Å². The Labute approximate surface area is 205 Å². The quantitative estimate of drug-likeness (QED) is 0.210. The first-order chi connectivity index (χ1) is 16.4. The van der Waals surface area contributed by atoms with Gasteiger partial charge in [-0.1, -0.05) is 41.4 Å². The van der Waals surface area contributed by atoms with Crippen molar-refractivity contribution in [2.24, 2.45) is 5.10 Å². The molecule has 3 aromatic rings. The van der Waals surface area contributed by atoms with Gasteiger partial charge in [0.2, 0.25) is 0 Å². The number of ether oxygens (including phenoxy) is 2. The van der Waals surface area contributed by atoms with Crippen molar-refractivity contribution in [3.63, 3.8) is 0 Å². The normalized spacial score (nSPS) is 10.6. The van der Waals surface area contributed by atoms with Crippen molar-refractivity contribution >= 4 is 47.2 Å². The van der Waals surface area contributed by atoms with Crippen LogP contribution >= 0.6 is 23.2 Å². The summed E-state index contributed by atoms with van der Waals surface area (Å²) >= 11 is 11.9. The predicted octanol–water partition coefficient (Wildman–Crippen LogP) is 4.10. The van der Waals surface area contributed by atoms with Crippen molar-refractivity contribution in [1.29, 1.82) is 0 Å². The van der Waals surface area contributed by atoms with E-state index in [9.17, 15) is 14.4 Å². The maximum absolute atomic E-state index is 12.4. The first-order valence-corrected chi connectivity index (χ1v) is 10.6. The summed E-state index contributed by atoms with van der Waals surface area (Å²) in [5, 5.41) is 7.02. The Morgan fingerprint density at radius 3 is 2.50 bits per heavy atom. The summed E-state index contributed by atoms with van der Waals surface area (Å²) < 4.78 is 10.7. The number of rotatable bonds is 8. The summed E-state index contributed by atoms with van der Waals surface area (Å²) in [7, 11) is 1.42. The van der Waals surface area contributed by atoms with Crippen LogP contribution in [-0.2, 0) is 4.79 Å². The van der Waals surface area contributed by atoms with E-state index in [1.807, 2.05) is 0 Å². The van der Waals surface area contributed by atoms with Crippen molar-refractivity contribution in [2.75, 3.05) is 13.7 Å². The Hall–Kier alpha value is -3.88. The summed E-state index contributed by atoms with van der Waals surface area (Å²) in [6, 6.07) is 17.6. The SMILES string of the molecule is COc1cc(C=NNC(=O)CNC(=O)c2cccc(Cl)c2)ccc1OC(=O)c1ccccc1Cl. The smallest absolute Gasteiger partial charge is 0.345 e. The van der Waals surface area contributed by atoms with Gasteiger partial charge in [-0.25, -0.2) is 10.2 Å². The molecule has 3 aromatic carbocycles.